The molecule has 2 aliphatic rings. The summed E-state index contributed by atoms with van der Waals surface area (Å²) in [5.74, 6) is 0.849. The molecule has 19 heavy (non-hydrogen) atoms. The molecule has 2 aromatic rings. The Bertz CT molecular complexity index is 664. The van der Waals surface area contributed by atoms with Gasteiger partial charge in [0.25, 0.3) is 0 Å². The third kappa shape index (κ3) is 1.58. The lowest BCUT2D eigenvalue weighted by molar-refractivity contribution is -0.116. The lowest BCUT2D eigenvalue weighted by atomic mass is 10.0. The van der Waals surface area contributed by atoms with E-state index in [1.807, 2.05) is 18.2 Å². The highest BCUT2D eigenvalue weighted by atomic mass is 16.2. The fourth-order valence-electron chi connectivity index (χ4n) is 3.13. The van der Waals surface area contributed by atoms with Crippen molar-refractivity contribution >= 4 is 17.4 Å². The number of rotatable bonds is 1. The Morgan fingerprint density at radius 3 is 2.68 bits per heavy atom. The maximum absolute atomic E-state index is 12.2. The molecular weight excluding hydrogens is 236 g/mol. The summed E-state index contributed by atoms with van der Waals surface area (Å²) < 4.78 is 0. The molecular formula is C16H14N2O. The molecule has 4 rings (SSSR count). The molecule has 0 spiro atoms. The van der Waals surface area contributed by atoms with Crippen LogP contribution < -0.4 is 4.90 Å². The van der Waals surface area contributed by atoms with E-state index in [-0.39, 0.29) is 5.91 Å². The van der Waals surface area contributed by atoms with Gasteiger partial charge in [-0.05, 0) is 54.2 Å². The minimum atomic E-state index is 0.123. The molecule has 2 heterocycles. The van der Waals surface area contributed by atoms with Crippen LogP contribution in [0.2, 0.25) is 0 Å². The molecule has 1 amide bonds. The summed E-state index contributed by atoms with van der Waals surface area (Å²) in [4.78, 5) is 18.3. The zero-order valence-electron chi connectivity index (χ0n) is 10.6. The predicted octanol–water partition coefficient (Wildman–Crippen LogP) is 2.79. The Hall–Kier alpha value is -2.16. The van der Waals surface area contributed by atoms with Crippen LogP contribution in [0.3, 0.4) is 0 Å². The van der Waals surface area contributed by atoms with E-state index in [1.165, 1.54) is 17.5 Å². The molecule has 1 aromatic heterocycles. The van der Waals surface area contributed by atoms with Crippen LogP contribution in [0.25, 0.3) is 0 Å². The van der Waals surface area contributed by atoms with E-state index in [1.54, 1.807) is 11.1 Å². The van der Waals surface area contributed by atoms with Crippen LogP contribution in [-0.2, 0) is 24.1 Å². The molecule has 1 aromatic carbocycles. The van der Waals surface area contributed by atoms with Crippen LogP contribution in [0.4, 0.5) is 11.5 Å². The van der Waals surface area contributed by atoms with Gasteiger partial charge in [-0.1, -0.05) is 12.1 Å². The Kier molecular flexibility index (Phi) is 2.21. The SMILES string of the molecule is O=C1Cc2cc3c(cc2N1c1ccccn1)CCC3. The maximum Gasteiger partial charge on any atom is 0.237 e. The smallest absolute Gasteiger partial charge is 0.237 e. The van der Waals surface area contributed by atoms with Gasteiger partial charge in [0.15, 0.2) is 0 Å². The van der Waals surface area contributed by atoms with Gasteiger partial charge in [-0.25, -0.2) is 4.98 Å². The van der Waals surface area contributed by atoms with E-state index in [0.717, 1.165) is 29.9 Å². The van der Waals surface area contributed by atoms with Gasteiger partial charge in [-0.15, -0.1) is 0 Å². The first-order chi connectivity index (χ1) is 9.33. The van der Waals surface area contributed by atoms with Gasteiger partial charge in [-0.2, -0.15) is 0 Å². The second-order valence-corrected chi connectivity index (χ2v) is 5.20. The molecule has 0 atom stereocenters. The fourth-order valence-corrected chi connectivity index (χ4v) is 3.13. The van der Waals surface area contributed by atoms with Crippen molar-refractivity contribution in [1.29, 1.82) is 0 Å². The number of aromatic nitrogens is 1. The van der Waals surface area contributed by atoms with Crippen molar-refractivity contribution in [3.8, 4) is 0 Å². The summed E-state index contributed by atoms with van der Waals surface area (Å²) in [6.07, 6.45) is 5.75. The molecule has 94 valence electrons. The lowest BCUT2D eigenvalue weighted by Crippen LogP contribution is -2.21. The number of hydrogen-bond acceptors (Lipinski definition) is 2. The van der Waals surface area contributed by atoms with Crippen LogP contribution in [0.5, 0.6) is 0 Å². The molecule has 0 radical (unpaired) electrons. The van der Waals surface area contributed by atoms with Crippen molar-refractivity contribution in [2.45, 2.75) is 25.7 Å². The summed E-state index contributed by atoms with van der Waals surface area (Å²) in [6, 6.07) is 10.1. The molecule has 1 aliphatic carbocycles. The largest absolute Gasteiger partial charge is 0.274 e. The van der Waals surface area contributed by atoms with Gasteiger partial charge >= 0.3 is 0 Å². The summed E-state index contributed by atoms with van der Waals surface area (Å²) in [5.41, 5.74) is 5.00. The minimum absolute atomic E-state index is 0.123. The Morgan fingerprint density at radius 1 is 1.05 bits per heavy atom. The van der Waals surface area contributed by atoms with Gasteiger partial charge in [0.05, 0.1) is 12.1 Å². The first kappa shape index (κ1) is 10.7. The average molecular weight is 250 g/mol. The van der Waals surface area contributed by atoms with E-state index in [0.29, 0.717) is 6.42 Å². The normalized spacial score (nSPS) is 16.6. The van der Waals surface area contributed by atoms with E-state index >= 15 is 0 Å². The van der Waals surface area contributed by atoms with Crippen molar-refractivity contribution in [1.82, 2.24) is 4.98 Å². The number of hydrogen-bond donors (Lipinski definition) is 0. The van der Waals surface area contributed by atoms with Crippen LogP contribution >= 0.6 is 0 Å². The van der Waals surface area contributed by atoms with E-state index < -0.39 is 0 Å². The highest BCUT2D eigenvalue weighted by molar-refractivity contribution is 6.06. The van der Waals surface area contributed by atoms with Crippen molar-refractivity contribution in [2.75, 3.05) is 4.90 Å². The number of anilines is 2. The van der Waals surface area contributed by atoms with Gasteiger partial charge in [0, 0.05) is 6.20 Å². The number of benzene rings is 1. The number of aryl methyl sites for hydroxylation is 2. The second kappa shape index (κ2) is 3.92. The predicted molar refractivity (Wildman–Crippen MR) is 73.6 cm³/mol. The first-order valence-corrected chi connectivity index (χ1v) is 6.71. The number of carbonyl (C=O) groups excluding carboxylic acids is 1. The van der Waals surface area contributed by atoms with Crippen molar-refractivity contribution in [2.24, 2.45) is 0 Å². The second-order valence-electron chi connectivity index (χ2n) is 5.20. The van der Waals surface area contributed by atoms with Crippen LogP contribution in [0, 0.1) is 0 Å². The quantitative estimate of drug-likeness (QED) is 0.779. The summed E-state index contributed by atoms with van der Waals surface area (Å²) in [5, 5.41) is 0. The molecule has 0 unspecified atom stereocenters. The van der Waals surface area contributed by atoms with Crippen LogP contribution in [0.1, 0.15) is 23.1 Å². The summed E-state index contributed by atoms with van der Waals surface area (Å²) in [7, 11) is 0. The number of carbonyl (C=O) groups is 1. The van der Waals surface area contributed by atoms with E-state index in [2.05, 4.69) is 17.1 Å². The van der Waals surface area contributed by atoms with Gasteiger partial charge in [0.2, 0.25) is 5.91 Å². The number of pyridine rings is 1. The molecule has 0 fully saturated rings. The molecule has 1 aliphatic heterocycles. The lowest BCUT2D eigenvalue weighted by Gasteiger charge is -2.17. The van der Waals surface area contributed by atoms with E-state index in [9.17, 15) is 4.79 Å². The first-order valence-electron chi connectivity index (χ1n) is 6.71. The average Bonchev–Trinajstić information content (AvgIpc) is 2.99. The molecule has 0 saturated heterocycles. The Balaban J connectivity index is 1.86. The van der Waals surface area contributed by atoms with Gasteiger partial charge in [0.1, 0.15) is 5.82 Å². The highest BCUT2D eigenvalue weighted by Gasteiger charge is 2.31. The van der Waals surface area contributed by atoms with Crippen molar-refractivity contribution in [3.05, 3.63) is 53.2 Å². The molecule has 0 saturated carbocycles. The summed E-state index contributed by atoms with van der Waals surface area (Å²) >= 11 is 0. The van der Waals surface area contributed by atoms with Crippen molar-refractivity contribution < 1.29 is 4.79 Å². The zero-order chi connectivity index (χ0) is 12.8. The zero-order valence-corrected chi connectivity index (χ0v) is 10.6. The maximum atomic E-state index is 12.2. The van der Waals surface area contributed by atoms with Crippen molar-refractivity contribution in [3.63, 3.8) is 0 Å². The molecule has 0 bridgehead atoms. The van der Waals surface area contributed by atoms with Gasteiger partial charge in [-0.3, -0.25) is 9.69 Å². The topological polar surface area (TPSA) is 33.2 Å². The third-order valence-corrected chi connectivity index (χ3v) is 4.00. The van der Waals surface area contributed by atoms with Gasteiger partial charge < -0.3 is 0 Å². The van der Waals surface area contributed by atoms with E-state index in [4.69, 9.17) is 0 Å². The highest BCUT2D eigenvalue weighted by Crippen LogP contribution is 2.38. The monoisotopic (exact) mass is 250 g/mol. The molecule has 0 N–H and O–H groups in total. The fraction of sp³-hybridized carbons (Fsp3) is 0.250. The number of fused-ring (bicyclic) bond motifs is 2. The molecule has 3 heteroatoms. The standard InChI is InChI=1S/C16H14N2O/c19-16-10-13-8-11-4-3-5-12(11)9-14(13)18(16)15-6-1-2-7-17-15/h1-2,6-9H,3-5,10H2. The van der Waals surface area contributed by atoms with Crippen LogP contribution in [-0.4, -0.2) is 10.9 Å². The minimum Gasteiger partial charge on any atom is -0.274 e. The third-order valence-electron chi connectivity index (χ3n) is 4.00. The number of amides is 1. The summed E-state index contributed by atoms with van der Waals surface area (Å²) in [6.45, 7) is 0. The molecule has 3 nitrogen and oxygen atoms in total. The van der Waals surface area contributed by atoms with Crippen LogP contribution in [0.15, 0.2) is 36.5 Å². The Labute approximate surface area is 111 Å². The Morgan fingerprint density at radius 2 is 1.89 bits per heavy atom. The number of nitrogens with zero attached hydrogens (tertiary/aromatic N) is 2.